The number of pyridine rings is 1. The van der Waals surface area contributed by atoms with E-state index in [-0.39, 0.29) is 37.6 Å². The minimum Gasteiger partial charge on any atom is -0.510 e. The van der Waals surface area contributed by atoms with Crippen molar-refractivity contribution in [1.29, 1.82) is 0 Å². The summed E-state index contributed by atoms with van der Waals surface area (Å²) in [6.07, 6.45) is 5.77. The van der Waals surface area contributed by atoms with E-state index in [0.717, 1.165) is 111 Å². The molecule has 12 aromatic carbocycles. The molecule has 0 saturated heterocycles. The molecule has 5 heterocycles. The zero-order valence-corrected chi connectivity index (χ0v) is 53.6. The van der Waals surface area contributed by atoms with Crippen molar-refractivity contribution in [3.8, 4) is 107 Å². The molecule has 93 heavy (non-hydrogen) atoms. The summed E-state index contributed by atoms with van der Waals surface area (Å²) in [4.78, 5) is 4.91. The van der Waals surface area contributed by atoms with E-state index in [1.807, 2.05) is 108 Å². The fourth-order valence-corrected chi connectivity index (χ4v) is 13.1. The van der Waals surface area contributed by atoms with Crippen LogP contribution in [0.25, 0.3) is 150 Å². The molecule has 0 N–H and O–H groups in total. The maximum absolute atomic E-state index is 10.2. The van der Waals surface area contributed by atoms with Gasteiger partial charge >= 0.3 is 0 Å². The third-order valence-electron chi connectivity index (χ3n) is 17.5. The summed E-state index contributed by atoms with van der Waals surface area (Å²) >= 11 is 0. The van der Waals surface area contributed by atoms with Gasteiger partial charge in [-0.3, -0.25) is 4.57 Å². The van der Waals surface area contributed by atoms with Gasteiger partial charge < -0.3 is 18.3 Å². The molecule has 0 bridgehead atoms. The van der Waals surface area contributed by atoms with Crippen molar-refractivity contribution in [1.82, 2.24) is 14.1 Å². The van der Waals surface area contributed by atoms with Crippen LogP contribution in [-0.4, -0.2) is 14.1 Å². The second-order valence-electron chi connectivity index (χ2n) is 25.3. The molecule has 0 spiro atoms. The van der Waals surface area contributed by atoms with Gasteiger partial charge in [-0.2, -0.15) is 18.2 Å². The molecular formula is C86H62N4O2Pt-2. The molecule has 7 heteroatoms. The van der Waals surface area contributed by atoms with Crippen LogP contribution in [0.3, 0.4) is 0 Å². The zero-order chi connectivity index (χ0) is 73.3. The number of para-hydroxylation sites is 3. The zero-order valence-electron chi connectivity index (χ0n) is 64.3. The molecule has 1 aliphatic rings. The fraction of sp³-hybridized carbons (Fsp3) is 0.0930. The Bertz CT molecular complexity index is 6330. The fourth-order valence-electron chi connectivity index (χ4n) is 13.1. The summed E-state index contributed by atoms with van der Waals surface area (Å²) in [6.45, 7) is 13.0. The van der Waals surface area contributed by atoms with E-state index < -0.39 is 106 Å². The van der Waals surface area contributed by atoms with Crippen molar-refractivity contribution in [3.63, 3.8) is 0 Å². The van der Waals surface area contributed by atoms with Crippen molar-refractivity contribution in [2.24, 2.45) is 0 Å². The molecule has 0 fully saturated rings. The van der Waals surface area contributed by atoms with Gasteiger partial charge in [0.05, 0.1) is 34.5 Å². The van der Waals surface area contributed by atoms with Crippen LogP contribution in [0.15, 0.2) is 271 Å². The average Bonchev–Trinajstić information content (AvgIpc) is 1.39. The number of fused-ring (bicyclic) bond motifs is 13. The number of imidazole rings is 1. The minimum absolute atomic E-state index is 0. The molecule has 0 radical (unpaired) electrons. The van der Waals surface area contributed by atoms with Crippen molar-refractivity contribution in [2.75, 3.05) is 0 Å². The molecule has 450 valence electrons. The Labute approximate surface area is 573 Å². The van der Waals surface area contributed by atoms with Crippen LogP contribution in [0.1, 0.15) is 70.5 Å². The molecule has 6 nitrogen and oxygen atoms in total. The number of aromatic nitrogens is 4. The Morgan fingerprint density at radius 2 is 1.09 bits per heavy atom. The maximum Gasteiger partial charge on any atom is 0.268 e. The van der Waals surface area contributed by atoms with Crippen LogP contribution in [0, 0.1) is 18.5 Å². The molecule has 4 aromatic heterocycles. The summed E-state index contributed by atoms with van der Waals surface area (Å²) in [6, 6.07) is 58.6. The Morgan fingerprint density at radius 1 is 0.462 bits per heavy atom. The molecular weight excluding hydrogens is 1320 g/mol. The molecule has 0 unspecified atom stereocenters. The van der Waals surface area contributed by atoms with Crippen LogP contribution >= 0.6 is 0 Å². The topological polar surface area (TPSA) is 49.0 Å². The second kappa shape index (κ2) is 22.3. The van der Waals surface area contributed by atoms with E-state index in [4.69, 9.17) is 22.4 Å². The van der Waals surface area contributed by atoms with Gasteiger partial charge in [0.2, 0.25) is 0 Å². The Balaban J connectivity index is 0.00000861. The molecule has 0 saturated carbocycles. The Kier molecular flexibility index (Phi) is 10.7. The van der Waals surface area contributed by atoms with Crippen molar-refractivity contribution in [2.45, 2.75) is 52.4 Å². The SMILES string of the molecule is [2H]c1c([2H])c([2H])c(-c2c([2H])c(-c3ccc4c(c3)-c3cccc(C(C)(C)C)c3-[n+]3[c-]n(-c5[c-]c(Oc6[c-]c7c(cc6)c6ccccc6n7-c6cc(C(C)(C)C)ccn6)ccc5)c5cc(-c6ccc7oc8ccccc8c7c6)cc(c53)-c3ccccc3-4)c([2H])c(-c3c([2H])c([2H])c([2H])c([2H])c3[2H])c2[2H])c([2H])c1[2H].[Pt]. The predicted octanol–water partition coefficient (Wildman–Crippen LogP) is 22.1. The van der Waals surface area contributed by atoms with Crippen molar-refractivity contribution >= 4 is 54.8 Å². The normalized spacial score (nSPS) is 14.1. The van der Waals surface area contributed by atoms with Crippen LogP contribution < -0.4 is 9.30 Å². The van der Waals surface area contributed by atoms with Crippen LogP contribution in [-0.2, 0) is 31.9 Å². The van der Waals surface area contributed by atoms with Crippen molar-refractivity contribution in [3.05, 3.63) is 296 Å². The summed E-state index contributed by atoms with van der Waals surface area (Å²) in [7, 11) is 0. The Hall–Kier alpha value is -10.7. The van der Waals surface area contributed by atoms with Gasteiger partial charge in [-0.1, -0.05) is 211 Å². The Morgan fingerprint density at radius 3 is 1.84 bits per heavy atom. The molecule has 17 rings (SSSR count). The van der Waals surface area contributed by atoms with Gasteiger partial charge in [0.1, 0.15) is 17.0 Å². The molecule has 0 atom stereocenters. The van der Waals surface area contributed by atoms with Crippen molar-refractivity contribution < 1.29 is 52.6 Å². The molecule has 0 amide bonds. The van der Waals surface area contributed by atoms with Crippen LogP contribution in [0.4, 0.5) is 0 Å². The van der Waals surface area contributed by atoms with Crippen LogP contribution in [0.5, 0.6) is 11.5 Å². The first-order chi connectivity index (χ1) is 50.3. The number of ether oxygens (including phenoxy) is 1. The quantitative estimate of drug-likeness (QED) is 0.113. The molecule has 1 aliphatic heterocycles. The van der Waals surface area contributed by atoms with E-state index in [0.29, 0.717) is 28.3 Å². The third kappa shape index (κ3) is 9.91. The number of furan rings is 1. The minimum atomic E-state index is -0.742. The summed E-state index contributed by atoms with van der Waals surface area (Å²) in [5.74, 6) is 1.62. The number of nitrogens with zero attached hydrogens (tertiary/aromatic N) is 4. The summed E-state index contributed by atoms with van der Waals surface area (Å²) in [5.41, 5.74) is 11.8. The van der Waals surface area contributed by atoms with Gasteiger partial charge in [0.25, 0.3) is 6.33 Å². The first kappa shape index (κ1) is 44.8. The van der Waals surface area contributed by atoms with Gasteiger partial charge in [-0.15, -0.1) is 29.7 Å². The van der Waals surface area contributed by atoms with Gasteiger partial charge in [0, 0.05) is 55.1 Å². The number of hydrogen-bond acceptors (Lipinski definition) is 3. The van der Waals surface area contributed by atoms with E-state index in [9.17, 15) is 9.60 Å². The van der Waals surface area contributed by atoms with E-state index in [2.05, 4.69) is 148 Å². The van der Waals surface area contributed by atoms with Gasteiger partial charge in [-0.25, -0.2) is 4.98 Å². The van der Waals surface area contributed by atoms with Crippen LogP contribution in [0.2, 0.25) is 0 Å². The first-order valence-electron chi connectivity index (χ1n) is 37.0. The van der Waals surface area contributed by atoms with Gasteiger partial charge in [0.15, 0.2) is 0 Å². The van der Waals surface area contributed by atoms with E-state index in [1.165, 1.54) is 0 Å². The molecule has 0 aliphatic carbocycles. The predicted molar refractivity (Wildman–Crippen MR) is 376 cm³/mol. The third-order valence-corrected chi connectivity index (χ3v) is 17.5. The van der Waals surface area contributed by atoms with E-state index >= 15 is 0 Å². The maximum atomic E-state index is 10.2. The number of hydrogen-bond donors (Lipinski definition) is 0. The monoisotopic (exact) mass is 1390 g/mol. The smallest absolute Gasteiger partial charge is 0.268 e. The largest absolute Gasteiger partial charge is 0.510 e. The number of rotatable bonds is 8. The summed E-state index contributed by atoms with van der Waals surface area (Å²) < 4.78 is 139. The summed E-state index contributed by atoms with van der Waals surface area (Å²) in [5, 5.41) is 3.95. The second-order valence-corrected chi connectivity index (χ2v) is 25.3. The number of benzene rings is 12. The molecule has 16 aromatic rings. The van der Waals surface area contributed by atoms with E-state index in [1.54, 1.807) is 6.07 Å². The first-order valence-corrected chi connectivity index (χ1v) is 30.5. The average molecular weight is 1390 g/mol. The van der Waals surface area contributed by atoms with Gasteiger partial charge in [-0.05, 0) is 178 Å². The standard InChI is InChI=1S/C86H62N4O2.Pt/c1-85(2,3)62-41-42-87-82(50-62)90-77-33-17-15-29-69(77)70-39-37-65(52-78(70)90)91-64-26-19-25-63(51-64)88-53-89-83-72(31-20-32-76(83)86(4,5)6)73-46-56(60-44-58(54-21-9-7-10-22-54)43-59(45-60)55-23-11-8-12-24-55)35-38-68(73)66-27-13-14-28-67(66)75-48-61(49-79(88)84(75)89)57-36-40-81-74(47-57)71-30-16-18-34-80(71)92-81;/h7-50H,1-6H3;/q-2;/i7D,8D,9D,10D,11D,12D,21D,22D,23D,24D,43D,44D,45D;.